The lowest BCUT2D eigenvalue weighted by molar-refractivity contribution is -0.870. The van der Waals surface area contributed by atoms with Crippen molar-refractivity contribution < 1.29 is 32.9 Å². The number of quaternary nitrogens is 1. The SMILES string of the molecule is CCCCCCCCCCCCCCCCCCCCCCC/C=C/CC/C=C/C(O)C(COP(=O)([O-])OCC[N+](C)(C)C)NC(=O)CCCCCCCCCCCCCCCCCCCCCCCCCCCCCCCCCCCC. The molecule has 0 radical (unpaired) electrons. The minimum absolute atomic E-state index is 0.00334. The van der Waals surface area contributed by atoms with E-state index in [1.165, 1.54) is 334 Å². The molecule has 0 aromatic heterocycles. The molecule has 0 heterocycles. The molecule has 0 aliphatic heterocycles. The van der Waals surface area contributed by atoms with Gasteiger partial charge in [-0.15, -0.1) is 0 Å². The molecule has 2 N–H and O–H groups in total. The number of unbranched alkanes of at least 4 members (excludes halogenated alkanes) is 55. The van der Waals surface area contributed by atoms with Crippen molar-refractivity contribution in [1.82, 2.24) is 5.32 Å². The second-order valence-corrected chi connectivity index (χ2v) is 28.4. The van der Waals surface area contributed by atoms with Gasteiger partial charge in [0.2, 0.25) is 5.91 Å². The van der Waals surface area contributed by atoms with Crippen LogP contribution in [0.1, 0.15) is 393 Å². The van der Waals surface area contributed by atoms with Crippen LogP contribution in [0.15, 0.2) is 24.3 Å². The van der Waals surface area contributed by atoms with E-state index in [-0.39, 0.29) is 19.1 Å². The van der Waals surface area contributed by atoms with Crippen molar-refractivity contribution in [3.63, 3.8) is 0 Å². The van der Waals surface area contributed by atoms with Crippen LogP contribution in [-0.4, -0.2) is 68.5 Å². The van der Waals surface area contributed by atoms with E-state index in [1.807, 2.05) is 27.2 Å². The normalized spacial score (nSPS) is 13.7. The van der Waals surface area contributed by atoms with Crippen molar-refractivity contribution in [3.8, 4) is 0 Å². The molecule has 0 aliphatic rings. The molecule has 0 aliphatic carbocycles. The number of aliphatic hydroxyl groups excluding tert-OH is 1. The van der Waals surface area contributed by atoms with Crippen LogP contribution in [0.5, 0.6) is 0 Å². The maximum Gasteiger partial charge on any atom is 0.268 e. The molecule has 0 spiro atoms. The number of amides is 1. The quantitative estimate of drug-likeness (QED) is 0.0272. The molecule has 0 bridgehead atoms. The van der Waals surface area contributed by atoms with E-state index in [2.05, 4.69) is 31.3 Å². The average Bonchev–Trinajstić information content (AvgIpc) is 3.49. The summed E-state index contributed by atoms with van der Waals surface area (Å²) in [7, 11) is 1.27. The van der Waals surface area contributed by atoms with Gasteiger partial charge in [0.15, 0.2) is 0 Å². The Morgan fingerprint density at radius 3 is 0.976 bits per heavy atom. The molecule has 3 atom stereocenters. The summed E-state index contributed by atoms with van der Waals surface area (Å²) in [5, 5.41) is 14.0. The number of phosphoric acid groups is 1. The summed E-state index contributed by atoms with van der Waals surface area (Å²) in [5.74, 6) is -0.197. The number of hydrogen-bond acceptors (Lipinski definition) is 6. The van der Waals surface area contributed by atoms with Crippen LogP contribution in [0, 0.1) is 0 Å². The molecule has 0 aromatic carbocycles. The Balaban J connectivity index is 4.00. The van der Waals surface area contributed by atoms with Crippen molar-refractivity contribution >= 4 is 13.7 Å². The van der Waals surface area contributed by atoms with Gasteiger partial charge in [0.25, 0.3) is 7.82 Å². The number of hydrogen-bond donors (Lipinski definition) is 2. The second kappa shape index (κ2) is 65.4. The lowest BCUT2D eigenvalue weighted by Gasteiger charge is -2.29. The summed E-state index contributed by atoms with van der Waals surface area (Å²) in [5.41, 5.74) is 0. The number of likely N-dealkylation sites (N-methyl/N-ethyl adjacent to an activating group) is 1. The van der Waals surface area contributed by atoms with Crippen LogP contribution < -0.4 is 10.2 Å². The van der Waals surface area contributed by atoms with E-state index in [0.29, 0.717) is 17.4 Å². The Morgan fingerprint density at radius 1 is 0.410 bits per heavy atom. The molecule has 0 saturated heterocycles. The van der Waals surface area contributed by atoms with Crippen LogP contribution >= 0.6 is 7.82 Å². The third-order valence-corrected chi connectivity index (χ3v) is 18.4. The first-order valence-corrected chi connectivity index (χ1v) is 38.7. The molecule has 8 nitrogen and oxygen atoms in total. The standard InChI is InChI=1S/C74H147N2O6P/c1-6-8-10-12-14-16-18-20-22-24-26-28-30-32-34-35-36-37-38-39-40-42-44-46-48-50-52-54-56-58-60-62-64-66-68-74(78)75-72(71-82-83(79,80)81-70-69-76(3,4)5)73(77)67-65-63-61-59-57-55-53-51-49-47-45-43-41-33-31-29-27-25-23-21-19-17-15-13-11-9-7-2/h57,59,65,67,72-73,77H,6-56,58,60-64,66,68-71H2,1-5H3,(H-,75,78,79,80)/b59-57+,67-65+. The Bertz CT molecular complexity index is 1400. The molecule has 0 fully saturated rings. The fourth-order valence-electron chi connectivity index (χ4n) is 11.6. The van der Waals surface area contributed by atoms with Crippen molar-refractivity contribution in [2.75, 3.05) is 40.9 Å². The van der Waals surface area contributed by atoms with E-state index in [1.54, 1.807) is 6.08 Å². The molecule has 1 amide bonds. The number of carbonyl (C=O) groups excluding carboxylic acids is 1. The number of aliphatic hydroxyl groups is 1. The monoisotopic (exact) mass is 1190 g/mol. The van der Waals surface area contributed by atoms with Gasteiger partial charge in [0.1, 0.15) is 13.2 Å². The third kappa shape index (κ3) is 68.3. The third-order valence-electron chi connectivity index (χ3n) is 17.4. The van der Waals surface area contributed by atoms with Crippen LogP contribution in [0.25, 0.3) is 0 Å². The van der Waals surface area contributed by atoms with Crippen molar-refractivity contribution in [2.45, 2.75) is 405 Å². The topological polar surface area (TPSA) is 108 Å². The van der Waals surface area contributed by atoms with Gasteiger partial charge >= 0.3 is 0 Å². The summed E-state index contributed by atoms with van der Waals surface area (Å²) in [6.07, 6.45) is 86.2. The molecule has 0 rings (SSSR count). The maximum atomic E-state index is 13.0. The van der Waals surface area contributed by atoms with Crippen LogP contribution in [0.4, 0.5) is 0 Å². The first kappa shape index (κ1) is 82.0. The minimum atomic E-state index is -4.61. The van der Waals surface area contributed by atoms with Crippen molar-refractivity contribution in [2.24, 2.45) is 0 Å². The van der Waals surface area contributed by atoms with Crippen molar-refractivity contribution in [1.29, 1.82) is 0 Å². The molecular weight excluding hydrogens is 1040 g/mol. The van der Waals surface area contributed by atoms with Crippen molar-refractivity contribution in [3.05, 3.63) is 24.3 Å². The smallest absolute Gasteiger partial charge is 0.268 e. The van der Waals surface area contributed by atoms with E-state index in [4.69, 9.17) is 9.05 Å². The molecule has 3 unspecified atom stereocenters. The molecule has 0 saturated carbocycles. The highest BCUT2D eigenvalue weighted by Crippen LogP contribution is 2.38. The van der Waals surface area contributed by atoms with E-state index in [0.717, 1.165) is 38.5 Å². The van der Waals surface area contributed by atoms with Gasteiger partial charge in [-0.05, 0) is 32.1 Å². The largest absolute Gasteiger partial charge is 0.756 e. The number of carbonyl (C=O) groups is 1. The zero-order chi connectivity index (χ0) is 60.5. The molecule has 0 aromatic rings. The van der Waals surface area contributed by atoms with E-state index in [9.17, 15) is 19.4 Å². The highest BCUT2D eigenvalue weighted by Gasteiger charge is 2.23. The van der Waals surface area contributed by atoms with Gasteiger partial charge in [-0.25, -0.2) is 0 Å². The number of nitrogens with zero attached hydrogens (tertiary/aromatic N) is 1. The maximum absolute atomic E-state index is 13.0. The first-order valence-electron chi connectivity index (χ1n) is 37.2. The number of rotatable bonds is 70. The predicted molar refractivity (Wildman–Crippen MR) is 362 cm³/mol. The van der Waals surface area contributed by atoms with Gasteiger partial charge in [-0.2, -0.15) is 0 Å². The van der Waals surface area contributed by atoms with E-state index >= 15 is 0 Å². The number of phosphoric ester groups is 1. The first-order chi connectivity index (χ1) is 40.5. The zero-order valence-corrected chi connectivity index (χ0v) is 57.6. The molecule has 9 heteroatoms. The Labute approximate surface area is 519 Å². The Kier molecular flexibility index (Phi) is 64.6. The summed E-state index contributed by atoms with van der Waals surface area (Å²) < 4.78 is 23.5. The van der Waals surface area contributed by atoms with Gasteiger partial charge < -0.3 is 28.8 Å². The summed E-state index contributed by atoms with van der Waals surface area (Å²) in [4.78, 5) is 25.6. The second-order valence-electron chi connectivity index (χ2n) is 27.0. The highest BCUT2D eigenvalue weighted by atomic mass is 31.2. The molecule has 494 valence electrons. The van der Waals surface area contributed by atoms with Crippen LogP contribution in [0.3, 0.4) is 0 Å². The number of nitrogens with one attached hydrogen (secondary N) is 1. The van der Waals surface area contributed by atoms with Crippen LogP contribution in [-0.2, 0) is 18.4 Å². The Hall–Kier alpha value is -1.02. The number of allylic oxidation sites excluding steroid dienone is 3. The van der Waals surface area contributed by atoms with Gasteiger partial charge in [-0.3, -0.25) is 9.36 Å². The van der Waals surface area contributed by atoms with Gasteiger partial charge in [0, 0.05) is 6.42 Å². The fraction of sp³-hybridized carbons (Fsp3) is 0.932. The summed E-state index contributed by atoms with van der Waals surface area (Å²) in [6, 6.07) is -0.902. The lowest BCUT2D eigenvalue weighted by Crippen LogP contribution is -2.45. The average molecular weight is 1190 g/mol. The molecule has 83 heavy (non-hydrogen) atoms. The minimum Gasteiger partial charge on any atom is -0.756 e. The fourth-order valence-corrected chi connectivity index (χ4v) is 12.4. The zero-order valence-electron chi connectivity index (χ0n) is 56.7. The highest BCUT2D eigenvalue weighted by molar-refractivity contribution is 7.45. The predicted octanol–water partition coefficient (Wildman–Crippen LogP) is 23.2. The Morgan fingerprint density at radius 2 is 0.675 bits per heavy atom. The van der Waals surface area contributed by atoms with Crippen LogP contribution in [0.2, 0.25) is 0 Å². The van der Waals surface area contributed by atoms with Gasteiger partial charge in [-0.1, -0.05) is 378 Å². The van der Waals surface area contributed by atoms with Gasteiger partial charge in [0.05, 0.1) is 39.9 Å². The summed E-state index contributed by atoms with van der Waals surface area (Å²) >= 11 is 0. The van der Waals surface area contributed by atoms with E-state index < -0.39 is 20.0 Å². The molecular formula is C74H147N2O6P. The summed E-state index contributed by atoms with van der Waals surface area (Å²) in [6.45, 7) is 4.70. The lowest BCUT2D eigenvalue weighted by atomic mass is 10.0.